The van der Waals surface area contributed by atoms with E-state index in [0.717, 1.165) is 18.6 Å². The summed E-state index contributed by atoms with van der Waals surface area (Å²) in [5.74, 6) is 0.0210. The molecule has 1 saturated heterocycles. The lowest BCUT2D eigenvalue weighted by atomic mass is 10.2. The predicted octanol–water partition coefficient (Wildman–Crippen LogP) is 1.64. The minimum atomic E-state index is -4.37. The molecule has 110 valence electrons. The fourth-order valence-electron chi connectivity index (χ4n) is 1.99. The molecule has 1 fully saturated rings. The van der Waals surface area contributed by atoms with Gasteiger partial charge in [-0.3, -0.25) is 4.79 Å². The van der Waals surface area contributed by atoms with Gasteiger partial charge >= 0.3 is 6.18 Å². The molecule has 0 aromatic heterocycles. The smallest absolute Gasteiger partial charge is 0.416 e. The standard InChI is InChI=1S/C13H15F3N2O2/c14-13(15,16)9-1-3-11(4-2-9)20-8-12(19)18-6-5-10(17)7-18/h1-4,10H,5-8,17H2/t10-/m0/s1. The van der Waals surface area contributed by atoms with Crippen LogP contribution in [0.1, 0.15) is 12.0 Å². The Labute approximate surface area is 114 Å². The number of carbonyl (C=O) groups is 1. The lowest BCUT2D eigenvalue weighted by Crippen LogP contribution is -2.35. The number of alkyl halides is 3. The van der Waals surface area contributed by atoms with Crippen LogP contribution >= 0.6 is 0 Å². The molecule has 1 atom stereocenters. The summed E-state index contributed by atoms with van der Waals surface area (Å²) in [5, 5.41) is 0. The molecule has 4 nitrogen and oxygen atoms in total. The van der Waals surface area contributed by atoms with Crippen molar-refractivity contribution in [2.45, 2.75) is 18.6 Å². The van der Waals surface area contributed by atoms with E-state index in [1.165, 1.54) is 12.1 Å². The molecule has 1 aromatic rings. The maximum atomic E-state index is 12.4. The van der Waals surface area contributed by atoms with Gasteiger partial charge in [-0.2, -0.15) is 13.2 Å². The highest BCUT2D eigenvalue weighted by Crippen LogP contribution is 2.30. The van der Waals surface area contributed by atoms with Crippen molar-refractivity contribution in [3.8, 4) is 5.75 Å². The highest BCUT2D eigenvalue weighted by molar-refractivity contribution is 5.78. The van der Waals surface area contributed by atoms with Gasteiger partial charge in [0.25, 0.3) is 5.91 Å². The number of nitrogens with zero attached hydrogens (tertiary/aromatic N) is 1. The van der Waals surface area contributed by atoms with Gasteiger partial charge in [0.05, 0.1) is 5.56 Å². The van der Waals surface area contributed by atoms with Crippen LogP contribution in [0.25, 0.3) is 0 Å². The summed E-state index contributed by atoms with van der Waals surface area (Å²) >= 11 is 0. The molecule has 0 aliphatic carbocycles. The summed E-state index contributed by atoms with van der Waals surface area (Å²) in [6.07, 6.45) is -3.62. The van der Waals surface area contributed by atoms with Crippen molar-refractivity contribution in [2.75, 3.05) is 19.7 Å². The summed E-state index contributed by atoms with van der Waals surface area (Å²) in [7, 11) is 0. The molecule has 2 N–H and O–H groups in total. The van der Waals surface area contributed by atoms with Crippen LogP contribution in [-0.2, 0) is 11.0 Å². The Balaban J connectivity index is 1.86. The number of rotatable bonds is 3. The lowest BCUT2D eigenvalue weighted by molar-refractivity contribution is -0.137. The van der Waals surface area contributed by atoms with Crippen molar-refractivity contribution in [3.05, 3.63) is 29.8 Å². The minimum Gasteiger partial charge on any atom is -0.484 e. The van der Waals surface area contributed by atoms with Crippen LogP contribution in [0.2, 0.25) is 0 Å². The third-order valence-electron chi connectivity index (χ3n) is 3.12. The zero-order valence-electron chi connectivity index (χ0n) is 10.7. The Kier molecular flexibility index (Phi) is 4.17. The number of halogens is 3. The van der Waals surface area contributed by atoms with Crippen molar-refractivity contribution in [1.29, 1.82) is 0 Å². The number of amides is 1. The molecule has 1 aliphatic rings. The second-order valence-corrected chi connectivity index (χ2v) is 4.70. The zero-order chi connectivity index (χ0) is 14.8. The summed E-state index contributed by atoms with van der Waals surface area (Å²) in [6.45, 7) is 0.893. The molecule has 7 heteroatoms. The average Bonchev–Trinajstić information content (AvgIpc) is 2.82. The van der Waals surface area contributed by atoms with Crippen LogP contribution in [0.4, 0.5) is 13.2 Å². The molecule has 0 unspecified atom stereocenters. The van der Waals surface area contributed by atoms with Gasteiger partial charge in [-0.15, -0.1) is 0 Å². The van der Waals surface area contributed by atoms with E-state index in [1.807, 2.05) is 0 Å². The van der Waals surface area contributed by atoms with E-state index in [4.69, 9.17) is 10.5 Å². The van der Waals surface area contributed by atoms with Crippen LogP contribution in [0.3, 0.4) is 0 Å². The molecule has 2 rings (SSSR count). The number of nitrogens with two attached hydrogens (primary N) is 1. The Bertz CT molecular complexity index is 473. The van der Waals surface area contributed by atoms with Crippen molar-refractivity contribution in [3.63, 3.8) is 0 Å². The highest BCUT2D eigenvalue weighted by Gasteiger charge is 2.30. The minimum absolute atomic E-state index is 0.00924. The van der Waals surface area contributed by atoms with Gasteiger partial charge in [-0.25, -0.2) is 0 Å². The van der Waals surface area contributed by atoms with E-state index in [-0.39, 0.29) is 24.3 Å². The molecule has 0 bridgehead atoms. The summed E-state index contributed by atoms with van der Waals surface area (Å²) in [5.41, 5.74) is 4.94. The van der Waals surface area contributed by atoms with E-state index in [9.17, 15) is 18.0 Å². The summed E-state index contributed by atoms with van der Waals surface area (Å²) in [4.78, 5) is 13.3. The third kappa shape index (κ3) is 3.63. The second kappa shape index (κ2) is 5.70. The summed E-state index contributed by atoms with van der Waals surface area (Å²) in [6, 6.07) is 4.24. The maximum absolute atomic E-state index is 12.4. The van der Waals surface area contributed by atoms with Crippen LogP contribution < -0.4 is 10.5 Å². The topological polar surface area (TPSA) is 55.6 Å². The monoisotopic (exact) mass is 288 g/mol. The molecule has 0 radical (unpaired) electrons. The van der Waals surface area contributed by atoms with Gasteiger partial charge < -0.3 is 15.4 Å². The first-order valence-electron chi connectivity index (χ1n) is 6.19. The lowest BCUT2D eigenvalue weighted by Gasteiger charge is -2.16. The molecule has 1 amide bonds. The summed E-state index contributed by atoms with van der Waals surface area (Å²) < 4.78 is 42.3. The first-order valence-corrected chi connectivity index (χ1v) is 6.19. The number of hydrogen-bond acceptors (Lipinski definition) is 3. The molecular formula is C13H15F3N2O2. The van der Waals surface area contributed by atoms with Crippen LogP contribution in [-0.4, -0.2) is 36.5 Å². The Hall–Kier alpha value is -1.76. The molecule has 1 aliphatic heterocycles. The maximum Gasteiger partial charge on any atom is 0.416 e. The fraction of sp³-hybridized carbons (Fsp3) is 0.462. The van der Waals surface area contributed by atoms with Crippen molar-refractivity contribution >= 4 is 5.91 Å². The van der Waals surface area contributed by atoms with Crippen molar-refractivity contribution in [2.24, 2.45) is 5.73 Å². The van der Waals surface area contributed by atoms with E-state index >= 15 is 0 Å². The number of benzene rings is 1. The third-order valence-corrected chi connectivity index (χ3v) is 3.12. The average molecular weight is 288 g/mol. The SMILES string of the molecule is N[C@H]1CCN(C(=O)COc2ccc(C(F)(F)F)cc2)C1. The first-order chi connectivity index (χ1) is 9.36. The molecule has 0 spiro atoms. The fourth-order valence-corrected chi connectivity index (χ4v) is 1.99. The number of ether oxygens (including phenoxy) is 1. The van der Waals surface area contributed by atoms with Gasteiger partial charge in [0.15, 0.2) is 6.61 Å². The molecule has 20 heavy (non-hydrogen) atoms. The van der Waals surface area contributed by atoms with Gasteiger partial charge in [-0.1, -0.05) is 0 Å². The van der Waals surface area contributed by atoms with Gasteiger partial charge in [-0.05, 0) is 30.7 Å². The quantitative estimate of drug-likeness (QED) is 0.920. The predicted molar refractivity (Wildman–Crippen MR) is 66.1 cm³/mol. The van der Waals surface area contributed by atoms with Crippen LogP contribution in [0.5, 0.6) is 5.75 Å². The van der Waals surface area contributed by atoms with Gasteiger partial charge in [0, 0.05) is 19.1 Å². The molecule has 1 aromatic carbocycles. The van der Waals surface area contributed by atoms with Crippen molar-refractivity contribution < 1.29 is 22.7 Å². The number of carbonyl (C=O) groups excluding carboxylic acids is 1. The Morgan fingerprint density at radius 1 is 1.35 bits per heavy atom. The number of hydrogen-bond donors (Lipinski definition) is 1. The van der Waals surface area contributed by atoms with Gasteiger partial charge in [0.1, 0.15) is 5.75 Å². The van der Waals surface area contributed by atoms with E-state index in [2.05, 4.69) is 0 Å². The molecule has 0 saturated carbocycles. The van der Waals surface area contributed by atoms with E-state index in [1.54, 1.807) is 4.90 Å². The second-order valence-electron chi connectivity index (χ2n) is 4.70. The Morgan fingerprint density at radius 3 is 2.50 bits per heavy atom. The van der Waals surface area contributed by atoms with E-state index in [0.29, 0.717) is 13.1 Å². The largest absolute Gasteiger partial charge is 0.484 e. The normalized spacial score (nSPS) is 19.2. The first kappa shape index (κ1) is 14.6. The van der Waals surface area contributed by atoms with Gasteiger partial charge in [0.2, 0.25) is 0 Å². The van der Waals surface area contributed by atoms with Crippen molar-refractivity contribution in [1.82, 2.24) is 4.90 Å². The van der Waals surface area contributed by atoms with Crippen LogP contribution in [0, 0.1) is 0 Å². The number of likely N-dealkylation sites (tertiary alicyclic amines) is 1. The highest BCUT2D eigenvalue weighted by atomic mass is 19.4. The van der Waals surface area contributed by atoms with Crippen LogP contribution in [0.15, 0.2) is 24.3 Å². The Morgan fingerprint density at radius 2 is 2.00 bits per heavy atom. The van der Waals surface area contributed by atoms with E-state index < -0.39 is 11.7 Å². The molecular weight excluding hydrogens is 273 g/mol. The zero-order valence-corrected chi connectivity index (χ0v) is 10.7. The molecule has 1 heterocycles.